The summed E-state index contributed by atoms with van der Waals surface area (Å²) in [5.74, 6) is 0.941. The van der Waals surface area contributed by atoms with E-state index < -0.39 is 0 Å². The van der Waals surface area contributed by atoms with E-state index >= 15 is 0 Å². The van der Waals surface area contributed by atoms with Gasteiger partial charge in [-0.15, -0.1) is 0 Å². The van der Waals surface area contributed by atoms with Gasteiger partial charge in [-0.3, -0.25) is 0 Å². The second-order valence-electron chi connectivity index (χ2n) is 7.43. The minimum absolute atomic E-state index is 0.408. The normalized spacial score (nSPS) is 19.6. The molecule has 0 spiro atoms. The predicted octanol–water partition coefficient (Wildman–Crippen LogP) is 3.04. The van der Waals surface area contributed by atoms with Crippen LogP contribution < -0.4 is 10.6 Å². The van der Waals surface area contributed by atoms with E-state index in [1.165, 1.54) is 38.8 Å². The Morgan fingerprint density at radius 3 is 2.18 bits per heavy atom. The lowest BCUT2D eigenvalue weighted by atomic mass is 9.70. The third kappa shape index (κ3) is 5.87. The third-order valence-corrected chi connectivity index (χ3v) is 3.91. The van der Waals surface area contributed by atoms with Crippen molar-refractivity contribution in [1.82, 2.24) is 10.6 Å². The van der Waals surface area contributed by atoms with Crippen molar-refractivity contribution >= 4 is 0 Å². The molecule has 0 unspecified atom stereocenters. The number of piperidine rings is 1. The average Bonchev–Trinajstić information content (AvgIpc) is 2.15. The van der Waals surface area contributed by atoms with Gasteiger partial charge < -0.3 is 10.6 Å². The molecule has 0 aromatic rings. The molecule has 0 saturated carbocycles. The lowest BCUT2D eigenvalue weighted by Crippen LogP contribution is -2.35. The van der Waals surface area contributed by atoms with Crippen molar-refractivity contribution in [3.8, 4) is 0 Å². The van der Waals surface area contributed by atoms with Crippen LogP contribution in [0.3, 0.4) is 0 Å². The molecule has 0 bridgehead atoms. The minimum atomic E-state index is 0.408. The monoisotopic (exact) mass is 240 g/mol. The first kappa shape index (κ1) is 15.0. The van der Waals surface area contributed by atoms with E-state index in [-0.39, 0.29) is 0 Å². The zero-order chi connectivity index (χ0) is 12.9. The van der Waals surface area contributed by atoms with Crippen LogP contribution in [-0.4, -0.2) is 26.7 Å². The summed E-state index contributed by atoms with van der Waals surface area (Å²) in [6.45, 7) is 13.2. The molecule has 0 atom stereocenters. The minimum Gasteiger partial charge on any atom is -0.319 e. The van der Waals surface area contributed by atoms with Crippen LogP contribution in [0.2, 0.25) is 0 Å². The summed E-state index contributed by atoms with van der Waals surface area (Å²) in [5.41, 5.74) is 0.882. The highest BCUT2D eigenvalue weighted by molar-refractivity contribution is 4.83. The lowest BCUT2D eigenvalue weighted by Gasteiger charge is -2.38. The standard InChI is InChI=1S/C15H32N2/c1-14(2,11-15(3,4)12-16-5)10-13-6-8-17-9-7-13/h13,16-17H,6-12H2,1-5H3. The quantitative estimate of drug-likeness (QED) is 0.746. The maximum atomic E-state index is 3.46. The highest BCUT2D eigenvalue weighted by Gasteiger charge is 2.30. The molecule has 1 rings (SSSR count). The van der Waals surface area contributed by atoms with E-state index in [1.807, 2.05) is 0 Å². The van der Waals surface area contributed by atoms with Crippen LogP contribution in [0.4, 0.5) is 0 Å². The molecule has 2 N–H and O–H groups in total. The van der Waals surface area contributed by atoms with Gasteiger partial charge in [0.2, 0.25) is 0 Å². The Morgan fingerprint density at radius 1 is 1.06 bits per heavy atom. The second kappa shape index (κ2) is 6.19. The molecule has 1 heterocycles. The first-order chi connectivity index (χ1) is 7.85. The summed E-state index contributed by atoms with van der Waals surface area (Å²) in [5, 5.41) is 6.78. The lowest BCUT2D eigenvalue weighted by molar-refractivity contribution is 0.145. The number of rotatable bonds is 6. The predicted molar refractivity (Wildman–Crippen MR) is 76.3 cm³/mol. The van der Waals surface area contributed by atoms with Gasteiger partial charge in [-0.25, -0.2) is 0 Å². The van der Waals surface area contributed by atoms with Gasteiger partial charge in [-0.1, -0.05) is 27.7 Å². The summed E-state index contributed by atoms with van der Waals surface area (Å²) in [4.78, 5) is 0. The third-order valence-electron chi connectivity index (χ3n) is 3.91. The molecular weight excluding hydrogens is 208 g/mol. The van der Waals surface area contributed by atoms with Gasteiger partial charge in [0.25, 0.3) is 0 Å². The van der Waals surface area contributed by atoms with Crippen molar-refractivity contribution < 1.29 is 0 Å². The summed E-state index contributed by atoms with van der Waals surface area (Å²) in [7, 11) is 2.06. The van der Waals surface area contributed by atoms with E-state index in [1.54, 1.807) is 0 Å². The molecule has 0 amide bonds. The molecule has 2 nitrogen and oxygen atoms in total. The Hall–Kier alpha value is -0.0800. The molecular formula is C15H32N2. The molecule has 0 radical (unpaired) electrons. The van der Waals surface area contributed by atoms with Crippen molar-refractivity contribution in [3.63, 3.8) is 0 Å². The fourth-order valence-corrected chi connectivity index (χ4v) is 3.78. The molecule has 17 heavy (non-hydrogen) atoms. The van der Waals surface area contributed by atoms with Crippen LogP contribution in [0.25, 0.3) is 0 Å². The van der Waals surface area contributed by atoms with E-state index in [9.17, 15) is 0 Å². The van der Waals surface area contributed by atoms with Crippen LogP contribution in [0.15, 0.2) is 0 Å². The van der Waals surface area contributed by atoms with Gasteiger partial charge in [0.15, 0.2) is 0 Å². The van der Waals surface area contributed by atoms with E-state index in [4.69, 9.17) is 0 Å². The first-order valence-corrected chi connectivity index (χ1v) is 7.20. The zero-order valence-corrected chi connectivity index (χ0v) is 12.5. The highest BCUT2D eigenvalue weighted by atomic mass is 14.9. The van der Waals surface area contributed by atoms with Crippen LogP contribution in [0.5, 0.6) is 0 Å². The van der Waals surface area contributed by atoms with Gasteiger partial charge in [-0.05, 0) is 69.1 Å². The maximum absolute atomic E-state index is 3.46. The highest BCUT2D eigenvalue weighted by Crippen LogP contribution is 2.39. The molecule has 102 valence electrons. The van der Waals surface area contributed by atoms with E-state index in [0.29, 0.717) is 10.8 Å². The smallest absolute Gasteiger partial charge is 0.0000286 e. The number of hydrogen-bond acceptors (Lipinski definition) is 2. The van der Waals surface area contributed by atoms with Gasteiger partial charge >= 0.3 is 0 Å². The van der Waals surface area contributed by atoms with Crippen molar-refractivity contribution in [2.75, 3.05) is 26.7 Å². The Morgan fingerprint density at radius 2 is 1.65 bits per heavy atom. The Labute approximate surface area is 108 Å². The van der Waals surface area contributed by atoms with Crippen LogP contribution in [0, 0.1) is 16.7 Å². The SMILES string of the molecule is CNCC(C)(C)CC(C)(C)CC1CCNCC1. The summed E-state index contributed by atoms with van der Waals surface area (Å²) < 4.78 is 0. The van der Waals surface area contributed by atoms with Gasteiger partial charge in [0, 0.05) is 0 Å². The van der Waals surface area contributed by atoms with Gasteiger partial charge in [0.05, 0.1) is 0 Å². The summed E-state index contributed by atoms with van der Waals surface area (Å²) >= 11 is 0. The van der Waals surface area contributed by atoms with Crippen molar-refractivity contribution in [2.24, 2.45) is 16.7 Å². The molecule has 1 aliphatic rings. The molecule has 0 aliphatic carbocycles. The van der Waals surface area contributed by atoms with E-state index in [0.717, 1.165) is 12.5 Å². The number of nitrogens with one attached hydrogen (secondary N) is 2. The molecule has 1 saturated heterocycles. The Balaban J connectivity index is 2.43. The van der Waals surface area contributed by atoms with Crippen LogP contribution in [-0.2, 0) is 0 Å². The second-order valence-corrected chi connectivity index (χ2v) is 7.43. The summed E-state index contributed by atoms with van der Waals surface area (Å²) in [6, 6.07) is 0. The maximum Gasteiger partial charge on any atom is -0.0000286 e. The average molecular weight is 240 g/mol. The van der Waals surface area contributed by atoms with Crippen molar-refractivity contribution in [1.29, 1.82) is 0 Å². The van der Waals surface area contributed by atoms with Crippen LogP contribution >= 0.6 is 0 Å². The fourth-order valence-electron chi connectivity index (χ4n) is 3.78. The molecule has 0 aromatic heterocycles. The largest absolute Gasteiger partial charge is 0.319 e. The summed E-state index contributed by atoms with van der Waals surface area (Å²) in [6.07, 6.45) is 5.44. The first-order valence-electron chi connectivity index (χ1n) is 7.20. The molecule has 1 fully saturated rings. The molecule has 2 heteroatoms. The van der Waals surface area contributed by atoms with Crippen molar-refractivity contribution in [3.05, 3.63) is 0 Å². The van der Waals surface area contributed by atoms with E-state index in [2.05, 4.69) is 45.4 Å². The van der Waals surface area contributed by atoms with Gasteiger partial charge in [0.1, 0.15) is 0 Å². The molecule has 1 aliphatic heterocycles. The van der Waals surface area contributed by atoms with Crippen molar-refractivity contribution in [2.45, 2.75) is 53.4 Å². The van der Waals surface area contributed by atoms with Crippen LogP contribution in [0.1, 0.15) is 53.4 Å². The zero-order valence-electron chi connectivity index (χ0n) is 12.5. The number of hydrogen-bond donors (Lipinski definition) is 2. The Kier molecular flexibility index (Phi) is 5.46. The Bertz CT molecular complexity index is 215. The molecule has 0 aromatic carbocycles. The topological polar surface area (TPSA) is 24.1 Å². The fraction of sp³-hybridized carbons (Fsp3) is 1.00. The van der Waals surface area contributed by atoms with Gasteiger partial charge in [-0.2, -0.15) is 0 Å².